The molecule has 0 radical (unpaired) electrons. The second-order valence-corrected chi connectivity index (χ2v) is 6.23. The van der Waals surface area contributed by atoms with Gasteiger partial charge < -0.3 is 4.42 Å². The number of thioether (sulfide) groups is 1. The Balaban J connectivity index is 1.85. The Morgan fingerprint density at radius 3 is 3.16 bits per heavy atom. The molecule has 6 heteroatoms. The number of aryl methyl sites for hydroxylation is 1. The number of rotatable bonds is 2. The first kappa shape index (κ1) is 12.5. The van der Waals surface area contributed by atoms with Crippen LogP contribution in [0, 0.1) is 6.92 Å². The van der Waals surface area contributed by atoms with Crippen molar-refractivity contribution in [3.8, 4) is 0 Å². The van der Waals surface area contributed by atoms with Crippen LogP contribution in [0.25, 0.3) is 6.08 Å². The molecule has 1 saturated heterocycles. The quantitative estimate of drug-likeness (QED) is 0.852. The van der Waals surface area contributed by atoms with E-state index in [1.165, 1.54) is 6.26 Å². The molecule has 19 heavy (non-hydrogen) atoms. The smallest absolute Gasteiger partial charge is 0.294 e. The Morgan fingerprint density at radius 2 is 2.47 bits per heavy atom. The molecule has 1 amide bonds. The van der Waals surface area contributed by atoms with Crippen molar-refractivity contribution in [3.05, 3.63) is 45.3 Å². The van der Waals surface area contributed by atoms with E-state index in [1.807, 2.05) is 18.4 Å². The number of nitrogens with zero attached hydrogens (tertiary/aromatic N) is 2. The molecule has 0 saturated carbocycles. The third-order valence-electron chi connectivity index (χ3n) is 2.72. The van der Waals surface area contributed by atoms with Crippen LogP contribution in [0.4, 0.5) is 0 Å². The number of thiazole rings is 1. The lowest BCUT2D eigenvalue weighted by atomic mass is 10.3. The molecule has 1 aliphatic heterocycles. The van der Waals surface area contributed by atoms with E-state index in [2.05, 4.69) is 4.98 Å². The molecular formula is C13H12N2O2S2. The summed E-state index contributed by atoms with van der Waals surface area (Å²) in [6.45, 7) is 2.68. The molecule has 2 aromatic rings. The van der Waals surface area contributed by atoms with Crippen LogP contribution in [0.2, 0.25) is 0 Å². The average Bonchev–Trinajstić information content (AvgIpc) is 3.10. The molecule has 4 nitrogen and oxygen atoms in total. The minimum atomic E-state index is -0.0896. The number of carbonyl (C=O) groups excluding carboxylic acids is 1. The first-order chi connectivity index (χ1) is 9.24. The number of carbonyl (C=O) groups is 1. The molecule has 1 fully saturated rings. The summed E-state index contributed by atoms with van der Waals surface area (Å²) < 4.78 is 5.17. The minimum Gasteiger partial charge on any atom is -0.459 e. The average molecular weight is 292 g/mol. The van der Waals surface area contributed by atoms with E-state index in [0.717, 1.165) is 21.5 Å². The van der Waals surface area contributed by atoms with Crippen molar-refractivity contribution in [2.45, 2.75) is 6.92 Å². The molecule has 1 aliphatic rings. The molecule has 0 spiro atoms. The van der Waals surface area contributed by atoms with Gasteiger partial charge in [0.05, 0.1) is 22.0 Å². The van der Waals surface area contributed by atoms with Gasteiger partial charge in [-0.2, -0.15) is 0 Å². The van der Waals surface area contributed by atoms with Crippen LogP contribution >= 0.6 is 23.1 Å². The third-order valence-corrected chi connectivity index (χ3v) is 4.53. The van der Waals surface area contributed by atoms with E-state index in [-0.39, 0.29) is 5.91 Å². The summed E-state index contributed by atoms with van der Waals surface area (Å²) in [6.07, 6.45) is 3.48. The number of furan rings is 1. The molecule has 3 rings (SSSR count). The van der Waals surface area contributed by atoms with E-state index in [9.17, 15) is 4.79 Å². The highest BCUT2D eigenvalue weighted by Crippen LogP contribution is 2.31. The summed E-state index contributed by atoms with van der Waals surface area (Å²) in [5.74, 6) is 1.19. The molecule has 2 aromatic heterocycles. The second-order valence-electron chi connectivity index (χ2n) is 4.06. The molecular weight excluding hydrogens is 280 g/mol. The van der Waals surface area contributed by atoms with Crippen LogP contribution in [0.1, 0.15) is 21.3 Å². The lowest BCUT2D eigenvalue weighted by Crippen LogP contribution is -2.26. The van der Waals surface area contributed by atoms with E-state index >= 15 is 0 Å². The predicted molar refractivity (Wildman–Crippen MR) is 77.0 cm³/mol. The van der Waals surface area contributed by atoms with Gasteiger partial charge in [0, 0.05) is 17.7 Å². The molecule has 0 unspecified atom stereocenters. The van der Waals surface area contributed by atoms with Gasteiger partial charge in [-0.05, 0) is 25.1 Å². The van der Waals surface area contributed by atoms with Crippen LogP contribution in [-0.2, 0) is 0 Å². The summed E-state index contributed by atoms with van der Waals surface area (Å²) in [5, 5.41) is 3.96. The zero-order valence-electron chi connectivity index (χ0n) is 10.3. The Hall–Kier alpha value is -1.53. The number of hydrogen-bond acceptors (Lipinski definition) is 5. The monoisotopic (exact) mass is 292 g/mol. The summed E-state index contributed by atoms with van der Waals surface area (Å²) in [5.41, 5.74) is 0.907. The minimum absolute atomic E-state index is 0.0896. The van der Waals surface area contributed by atoms with Crippen molar-refractivity contribution in [2.75, 3.05) is 12.3 Å². The molecule has 98 valence electrons. The summed E-state index contributed by atoms with van der Waals surface area (Å²) in [7, 11) is 0. The van der Waals surface area contributed by atoms with Crippen LogP contribution in [0.3, 0.4) is 0 Å². The number of amides is 1. The van der Waals surface area contributed by atoms with E-state index in [0.29, 0.717) is 12.3 Å². The van der Waals surface area contributed by atoms with Gasteiger partial charge in [0.15, 0.2) is 5.76 Å². The lowest BCUT2D eigenvalue weighted by molar-refractivity contribution is 0.0800. The van der Waals surface area contributed by atoms with Gasteiger partial charge in [0.25, 0.3) is 5.91 Å². The standard InChI is InChI=1S/C13H12N2O2S2/c1-9-14-10(8-19-9)7-12-15(4-6-18-12)13(16)11-3-2-5-17-11/h2-3,5,7-8H,4,6H2,1H3/b12-7+. The molecule has 3 heterocycles. The van der Waals surface area contributed by atoms with Gasteiger partial charge in [-0.15, -0.1) is 23.1 Å². The molecule has 0 N–H and O–H groups in total. The maximum atomic E-state index is 12.3. The van der Waals surface area contributed by atoms with Gasteiger partial charge in [-0.25, -0.2) is 4.98 Å². The van der Waals surface area contributed by atoms with Gasteiger partial charge in [0.1, 0.15) is 0 Å². The Bertz CT molecular complexity index is 616. The Morgan fingerprint density at radius 1 is 1.58 bits per heavy atom. The van der Waals surface area contributed by atoms with Gasteiger partial charge in [0.2, 0.25) is 0 Å². The van der Waals surface area contributed by atoms with Crippen molar-refractivity contribution in [1.82, 2.24) is 9.88 Å². The fourth-order valence-electron chi connectivity index (χ4n) is 1.86. The Labute approximate surface area is 119 Å². The molecule has 0 bridgehead atoms. The normalized spacial score (nSPS) is 17.3. The highest BCUT2D eigenvalue weighted by Gasteiger charge is 2.26. The summed E-state index contributed by atoms with van der Waals surface area (Å²) in [4.78, 5) is 18.4. The van der Waals surface area contributed by atoms with Crippen LogP contribution in [0.5, 0.6) is 0 Å². The van der Waals surface area contributed by atoms with Crippen LogP contribution in [-0.4, -0.2) is 28.1 Å². The van der Waals surface area contributed by atoms with Gasteiger partial charge in [-0.3, -0.25) is 9.69 Å². The Kier molecular flexibility index (Phi) is 3.44. The molecule has 0 aliphatic carbocycles. The summed E-state index contributed by atoms with van der Waals surface area (Å²) in [6, 6.07) is 3.42. The zero-order chi connectivity index (χ0) is 13.2. The first-order valence-corrected chi connectivity index (χ1v) is 7.72. The van der Waals surface area contributed by atoms with Crippen molar-refractivity contribution in [1.29, 1.82) is 0 Å². The van der Waals surface area contributed by atoms with Crippen molar-refractivity contribution in [3.63, 3.8) is 0 Å². The topological polar surface area (TPSA) is 46.3 Å². The van der Waals surface area contributed by atoms with Gasteiger partial charge >= 0.3 is 0 Å². The van der Waals surface area contributed by atoms with Crippen LogP contribution < -0.4 is 0 Å². The number of hydrogen-bond donors (Lipinski definition) is 0. The largest absolute Gasteiger partial charge is 0.459 e. The molecule has 0 aromatic carbocycles. The predicted octanol–water partition coefficient (Wildman–Crippen LogP) is 3.23. The number of aromatic nitrogens is 1. The maximum absolute atomic E-state index is 12.3. The third kappa shape index (κ3) is 2.59. The van der Waals surface area contributed by atoms with Crippen molar-refractivity contribution in [2.24, 2.45) is 0 Å². The van der Waals surface area contributed by atoms with Gasteiger partial charge in [-0.1, -0.05) is 0 Å². The van der Waals surface area contributed by atoms with Crippen molar-refractivity contribution >= 4 is 35.1 Å². The van der Waals surface area contributed by atoms with E-state index in [1.54, 1.807) is 40.1 Å². The maximum Gasteiger partial charge on any atom is 0.294 e. The van der Waals surface area contributed by atoms with E-state index < -0.39 is 0 Å². The summed E-state index contributed by atoms with van der Waals surface area (Å²) >= 11 is 3.28. The zero-order valence-corrected chi connectivity index (χ0v) is 12.0. The first-order valence-electron chi connectivity index (χ1n) is 5.86. The fraction of sp³-hybridized carbons (Fsp3) is 0.231. The highest BCUT2D eigenvalue weighted by molar-refractivity contribution is 8.03. The SMILES string of the molecule is Cc1nc(/C=C2/SCCN2C(=O)c2ccco2)cs1. The van der Waals surface area contributed by atoms with Crippen LogP contribution in [0.15, 0.2) is 33.2 Å². The van der Waals surface area contributed by atoms with Crippen molar-refractivity contribution < 1.29 is 9.21 Å². The fourth-order valence-corrected chi connectivity index (χ4v) is 3.44. The lowest BCUT2D eigenvalue weighted by Gasteiger charge is -2.14. The second kappa shape index (κ2) is 5.22. The molecule has 0 atom stereocenters. The highest BCUT2D eigenvalue weighted by atomic mass is 32.2. The van der Waals surface area contributed by atoms with E-state index in [4.69, 9.17) is 4.42 Å².